The topological polar surface area (TPSA) is 81.5 Å². The molecule has 0 N–H and O–H groups in total. The number of aromatic nitrogens is 2. The average Bonchev–Trinajstić information content (AvgIpc) is 3.33. The lowest BCUT2D eigenvalue weighted by atomic mass is 10.1. The van der Waals surface area contributed by atoms with Crippen LogP contribution < -0.4 is 5.56 Å². The molecule has 0 saturated carbocycles. The normalized spacial score (nSPS) is 16.7. The molecule has 2 heterocycles. The van der Waals surface area contributed by atoms with Crippen molar-refractivity contribution in [3.8, 4) is 0 Å². The summed E-state index contributed by atoms with van der Waals surface area (Å²) >= 11 is 7.33. The minimum atomic E-state index is -0.614. The van der Waals surface area contributed by atoms with Crippen LogP contribution in [0.3, 0.4) is 0 Å². The maximum Gasteiger partial charge on any atom is 0.310 e. The Labute approximate surface area is 200 Å². The summed E-state index contributed by atoms with van der Waals surface area (Å²) in [5, 5.41) is 0.757. The van der Waals surface area contributed by atoms with E-state index in [1.165, 1.54) is 18.9 Å². The molecule has 0 bridgehead atoms. The van der Waals surface area contributed by atoms with Crippen molar-refractivity contribution in [2.45, 2.75) is 30.3 Å². The number of rotatable bonds is 6. The Kier molecular flexibility index (Phi) is 7.05. The van der Waals surface area contributed by atoms with E-state index in [0.717, 1.165) is 5.56 Å². The van der Waals surface area contributed by atoms with Crippen molar-refractivity contribution in [2.24, 2.45) is 5.92 Å². The molecule has 2 atom stereocenters. The Balaban J connectivity index is 1.72. The van der Waals surface area contributed by atoms with E-state index in [1.54, 1.807) is 27.7 Å². The summed E-state index contributed by atoms with van der Waals surface area (Å²) in [5.74, 6) is -0.743. The fraction of sp³-hybridized carbons (Fsp3) is 0.333. The number of hydrogen-bond donors (Lipinski definition) is 0. The third-order valence-electron chi connectivity index (χ3n) is 5.78. The van der Waals surface area contributed by atoms with Gasteiger partial charge in [0.05, 0.1) is 23.9 Å². The zero-order valence-corrected chi connectivity index (χ0v) is 19.9. The van der Waals surface area contributed by atoms with E-state index in [4.69, 9.17) is 21.3 Å². The predicted octanol–water partition coefficient (Wildman–Crippen LogP) is 3.92. The van der Waals surface area contributed by atoms with Crippen molar-refractivity contribution in [3.05, 3.63) is 69.5 Å². The lowest BCUT2D eigenvalue weighted by Crippen LogP contribution is -2.34. The third kappa shape index (κ3) is 4.77. The highest BCUT2D eigenvalue weighted by molar-refractivity contribution is 8.00. The summed E-state index contributed by atoms with van der Waals surface area (Å²) in [4.78, 5) is 45.1. The molecule has 4 rings (SSSR count). The molecule has 2 aromatic carbocycles. The molecule has 172 valence electrons. The maximum atomic E-state index is 13.6. The Morgan fingerprint density at radius 1 is 1.24 bits per heavy atom. The van der Waals surface area contributed by atoms with E-state index >= 15 is 0 Å². The van der Waals surface area contributed by atoms with Crippen molar-refractivity contribution in [1.82, 2.24) is 14.5 Å². The fourth-order valence-electron chi connectivity index (χ4n) is 4.02. The zero-order valence-electron chi connectivity index (χ0n) is 18.4. The second kappa shape index (κ2) is 9.97. The molecular weight excluding hydrogens is 462 g/mol. The first-order valence-electron chi connectivity index (χ1n) is 10.7. The molecule has 1 amide bonds. The highest BCUT2D eigenvalue weighted by Gasteiger charge is 2.36. The monoisotopic (exact) mass is 485 g/mol. The molecule has 33 heavy (non-hydrogen) atoms. The van der Waals surface area contributed by atoms with Crippen LogP contribution >= 0.6 is 23.4 Å². The number of halogens is 1. The minimum absolute atomic E-state index is 0.120. The summed E-state index contributed by atoms with van der Waals surface area (Å²) in [6.45, 7) is 3.07. The molecule has 1 aliphatic heterocycles. The lowest BCUT2D eigenvalue weighted by molar-refractivity contribution is -0.145. The Morgan fingerprint density at radius 3 is 2.70 bits per heavy atom. The summed E-state index contributed by atoms with van der Waals surface area (Å²) in [6.07, 6.45) is 0.569. The van der Waals surface area contributed by atoms with Gasteiger partial charge in [-0.05, 0) is 37.1 Å². The van der Waals surface area contributed by atoms with Gasteiger partial charge in [-0.15, -0.1) is 0 Å². The molecule has 1 aromatic heterocycles. The van der Waals surface area contributed by atoms with Crippen LogP contribution in [0.1, 0.15) is 24.2 Å². The number of thioether (sulfide) groups is 1. The number of nitrogens with zero attached hydrogens (tertiary/aromatic N) is 3. The smallest absolute Gasteiger partial charge is 0.310 e. The van der Waals surface area contributed by atoms with Gasteiger partial charge < -0.3 is 9.64 Å². The zero-order chi connectivity index (χ0) is 23.5. The number of likely N-dealkylation sites (tertiary alicyclic amines) is 1. The summed E-state index contributed by atoms with van der Waals surface area (Å²) in [5.41, 5.74) is 1.14. The van der Waals surface area contributed by atoms with Crippen LogP contribution in [0.2, 0.25) is 5.02 Å². The standard InChI is InChI=1S/C24H24ClN3O4S/c1-3-28-21(29)18-13-17(25)9-10-19(18)26-24(28)33-20(15-7-5-4-6-8-15)22(30)27-12-11-16(14-27)23(31)32-2/h4-10,13,16,20H,3,11-12,14H2,1-2H3/t16-,20?/m0/s1. The molecule has 7 nitrogen and oxygen atoms in total. The number of fused-ring (bicyclic) bond motifs is 1. The molecule has 0 spiro atoms. The highest BCUT2D eigenvalue weighted by atomic mass is 35.5. The van der Waals surface area contributed by atoms with E-state index in [2.05, 4.69) is 0 Å². The predicted molar refractivity (Wildman–Crippen MR) is 128 cm³/mol. The van der Waals surface area contributed by atoms with Gasteiger partial charge in [0.15, 0.2) is 5.16 Å². The van der Waals surface area contributed by atoms with Gasteiger partial charge in [-0.3, -0.25) is 19.0 Å². The van der Waals surface area contributed by atoms with Crippen LogP contribution in [0.4, 0.5) is 0 Å². The molecule has 1 unspecified atom stereocenters. The number of methoxy groups -OCH3 is 1. The van der Waals surface area contributed by atoms with Crippen LogP contribution in [0.25, 0.3) is 10.9 Å². The first kappa shape index (κ1) is 23.3. The van der Waals surface area contributed by atoms with E-state index in [1.807, 2.05) is 37.3 Å². The van der Waals surface area contributed by atoms with Gasteiger partial charge in [-0.1, -0.05) is 53.7 Å². The molecule has 0 aliphatic carbocycles. The Hall–Kier alpha value is -2.84. The number of carbonyl (C=O) groups excluding carboxylic acids is 2. The quantitative estimate of drug-likeness (QED) is 0.299. The second-order valence-electron chi connectivity index (χ2n) is 7.81. The first-order valence-corrected chi connectivity index (χ1v) is 12.0. The first-order chi connectivity index (χ1) is 15.9. The van der Waals surface area contributed by atoms with Crippen LogP contribution in [-0.2, 0) is 20.9 Å². The highest BCUT2D eigenvalue weighted by Crippen LogP contribution is 2.37. The van der Waals surface area contributed by atoms with Gasteiger partial charge in [0.1, 0.15) is 5.25 Å². The Bertz CT molecular complexity index is 1250. The summed E-state index contributed by atoms with van der Waals surface area (Å²) < 4.78 is 6.42. The molecular formula is C24H24ClN3O4S. The van der Waals surface area contributed by atoms with Crippen molar-refractivity contribution >= 4 is 46.1 Å². The van der Waals surface area contributed by atoms with Gasteiger partial charge >= 0.3 is 5.97 Å². The molecule has 1 fully saturated rings. The second-order valence-corrected chi connectivity index (χ2v) is 9.32. The van der Waals surface area contributed by atoms with E-state index in [9.17, 15) is 14.4 Å². The number of carbonyl (C=O) groups is 2. The average molecular weight is 486 g/mol. The van der Waals surface area contributed by atoms with Gasteiger partial charge in [0.25, 0.3) is 5.56 Å². The van der Waals surface area contributed by atoms with Gasteiger partial charge in [-0.25, -0.2) is 4.98 Å². The van der Waals surface area contributed by atoms with Gasteiger partial charge in [-0.2, -0.15) is 0 Å². The van der Waals surface area contributed by atoms with Crippen LogP contribution in [0, 0.1) is 5.92 Å². The summed E-state index contributed by atoms with van der Waals surface area (Å²) in [6, 6.07) is 14.4. The Morgan fingerprint density at radius 2 is 2.00 bits per heavy atom. The van der Waals surface area contributed by atoms with Crippen molar-refractivity contribution in [1.29, 1.82) is 0 Å². The third-order valence-corrected chi connectivity index (χ3v) is 7.25. The number of esters is 1. The minimum Gasteiger partial charge on any atom is -0.469 e. The lowest BCUT2D eigenvalue weighted by Gasteiger charge is -2.24. The van der Waals surface area contributed by atoms with Crippen LogP contribution in [0.5, 0.6) is 0 Å². The van der Waals surface area contributed by atoms with Crippen molar-refractivity contribution < 1.29 is 14.3 Å². The molecule has 9 heteroatoms. The molecule has 1 saturated heterocycles. The van der Waals surface area contributed by atoms with E-state index < -0.39 is 5.25 Å². The summed E-state index contributed by atoms with van der Waals surface area (Å²) in [7, 11) is 1.36. The SMILES string of the molecule is CCn1c(SC(C(=O)N2CC[C@H](C(=O)OC)C2)c2ccccc2)nc2ccc(Cl)cc2c1=O. The number of hydrogen-bond acceptors (Lipinski definition) is 6. The van der Waals surface area contributed by atoms with Gasteiger partial charge in [0.2, 0.25) is 5.91 Å². The molecule has 0 radical (unpaired) electrons. The molecule has 3 aromatic rings. The van der Waals surface area contributed by atoms with E-state index in [0.29, 0.717) is 47.1 Å². The van der Waals surface area contributed by atoms with Gasteiger partial charge in [0, 0.05) is 24.7 Å². The van der Waals surface area contributed by atoms with Crippen LogP contribution in [-0.4, -0.2) is 46.5 Å². The largest absolute Gasteiger partial charge is 0.469 e. The van der Waals surface area contributed by atoms with Crippen LogP contribution in [0.15, 0.2) is 58.5 Å². The number of ether oxygens (including phenoxy) is 1. The number of amides is 1. The number of benzene rings is 2. The van der Waals surface area contributed by atoms with Crippen molar-refractivity contribution in [2.75, 3.05) is 20.2 Å². The maximum absolute atomic E-state index is 13.6. The van der Waals surface area contributed by atoms with E-state index in [-0.39, 0.29) is 23.4 Å². The van der Waals surface area contributed by atoms with Crippen molar-refractivity contribution in [3.63, 3.8) is 0 Å². The molecule has 1 aliphatic rings. The fourth-order valence-corrected chi connectivity index (χ4v) is 5.44.